The van der Waals surface area contributed by atoms with Gasteiger partial charge in [-0.05, 0) is 47.5 Å². The quantitative estimate of drug-likeness (QED) is 0.813. The van der Waals surface area contributed by atoms with Crippen molar-refractivity contribution in [2.75, 3.05) is 12.0 Å². The fourth-order valence-corrected chi connectivity index (χ4v) is 4.35. The Morgan fingerprint density at radius 3 is 2.06 bits per heavy atom. The van der Waals surface area contributed by atoms with Crippen molar-refractivity contribution >= 4 is 9.84 Å². The minimum Gasteiger partial charge on any atom is -0.310 e. The number of nitrogens with one attached hydrogen (secondary N) is 2. The number of hydrogen-bond acceptors (Lipinski definition) is 4. The molecule has 1 aliphatic rings. The molecule has 0 bridgehead atoms. The molecule has 0 spiro atoms. The Bertz CT molecular complexity index is 372. The molecule has 1 aliphatic heterocycles. The van der Waals surface area contributed by atoms with Crippen LogP contribution in [-0.4, -0.2) is 43.6 Å². The first kappa shape index (κ1) is 15.9. The number of piperidine rings is 1. The van der Waals surface area contributed by atoms with E-state index in [2.05, 4.69) is 38.3 Å². The highest BCUT2D eigenvalue weighted by Gasteiger charge is 2.37. The van der Waals surface area contributed by atoms with Gasteiger partial charge in [0.25, 0.3) is 0 Å². The van der Waals surface area contributed by atoms with Gasteiger partial charge in [-0.25, -0.2) is 8.42 Å². The van der Waals surface area contributed by atoms with Crippen LogP contribution in [0.5, 0.6) is 0 Å². The lowest BCUT2D eigenvalue weighted by Crippen LogP contribution is -2.62. The largest absolute Gasteiger partial charge is 0.310 e. The Labute approximate surface area is 112 Å². The van der Waals surface area contributed by atoms with Gasteiger partial charge in [0.1, 0.15) is 9.84 Å². The molecule has 0 aromatic heterocycles. The highest BCUT2D eigenvalue weighted by Crippen LogP contribution is 2.28. The highest BCUT2D eigenvalue weighted by atomic mass is 32.2. The smallest absolute Gasteiger partial charge is 0.148 e. The summed E-state index contributed by atoms with van der Waals surface area (Å²) < 4.78 is 22.6. The van der Waals surface area contributed by atoms with Crippen molar-refractivity contribution < 1.29 is 8.42 Å². The zero-order valence-corrected chi connectivity index (χ0v) is 13.3. The van der Waals surface area contributed by atoms with Crippen LogP contribution in [-0.2, 0) is 9.84 Å². The van der Waals surface area contributed by atoms with Crippen molar-refractivity contribution in [2.45, 2.75) is 70.6 Å². The second kappa shape index (κ2) is 5.10. The van der Waals surface area contributed by atoms with Crippen LogP contribution in [0.15, 0.2) is 0 Å². The van der Waals surface area contributed by atoms with Gasteiger partial charge in [0, 0.05) is 29.4 Å². The Hall–Kier alpha value is -0.130. The summed E-state index contributed by atoms with van der Waals surface area (Å²) in [5, 5.41) is 7.09. The molecular weight excluding hydrogens is 248 g/mol. The van der Waals surface area contributed by atoms with E-state index >= 15 is 0 Å². The molecule has 108 valence electrons. The molecule has 0 aromatic rings. The summed E-state index contributed by atoms with van der Waals surface area (Å²) in [7, 11) is -2.91. The molecule has 5 heteroatoms. The Morgan fingerprint density at radius 2 is 1.67 bits per heavy atom. The summed E-state index contributed by atoms with van der Waals surface area (Å²) in [5.74, 6) is 0.206. The summed E-state index contributed by atoms with van der Waals surface area (Å²) in [6.45, 7) is 10.7. The van der Waals surface area contributed by atoms with Gasteiger partial charge in [0.05, 0.1) is 5.75 Å². The lowest BCUT2D eigenvalue weighted by molar-refractivity contribution is 0.142. The fraction of sp³-hybridized carbons (Fsp3) is 1.00. The zero-order valence-electron chi connectivity index (χ0n) is 12.5. The molecular formula is C13H28N2O2S. The molecule has 0 radical (unpaired) electrons. The van der Waals surface area contributed by atoms with Gasteiger partial charge in [-0.15, -0.1) is 0 Å². The van der Waals surface area contributed by atoms with Crippen LogP contribution in [0.25, 0.3) is 0 Å². The number of hydrogen-bond donors (Lipinski definition) is 2. The van der Waals surface area contributed by atoms with E-state index in [4.69, 9.17) is 0 Å². The molecule has 1 unspecified atom stereocenters. The van der Waals surface area contributed by atoms with Gasteiger partial charge >= 0.3 is 0 Å². The van der Waals surface area contributed by atoms with Crippen molar-refractivity contribution in [3.05, 3.63) is 0 Å². The molecule has 0 aromatic carbocycles. The van der Waals surface area contributed by atoms with Gasteiger partial charge in [-0.3, -0.25) is 0 Å². The molecule has 0 amide bonds. The van der Waals surface area contributed by atoms with Crippen LogP contribution in [0.2, 0.25) is 0 Å². The monoisotopic (exact) mass is 276 g/mol. The van der Waals surface area contributed by atoms with Crippen LogP contribution in [0.4, 0.5) is 0 Å². The third kappa shape index (κ3) is 5.67. The second-order valence-electron chi connectivity index (χ2n) is 7.16. The molecule has 0 aliphatic carbocycles. The van der Waals surface area contributed by atoms with Gasteiger partial charge in [0.2, 0.25) is 0 Å². The van der Waals surface area contributed by atoms with Crippen LogP contribution in [0.1, 0.15) is 47.5 Å². The van der Waals surface area contributed by atoms with E-state index in [0.29, 0.717) is 6.04 Å². The van der Waals surface area contributed by atoms with E-state index in [1.807, 2.05) is 6.92 Å². The van der Waals surface area contributed by atoms with E-state index in [1.165, 1.54) is 6.26 Å². The normalized spacial score (nSPS) is 25.9. The van der Waals surface area contributed by atoms with E-state index in [9.17, 15) is 8.42 Å². The van der Waals surface area contributed by atoms with Crippen molar-refractivity contribution in [3.63, 3.8) is 0 Å². The van der Waals surface area contributed by atoms with E-state index in [0.717, 1.165) is 12.8 Å². The van der Waals surface area contributed by atoms with Gasteiger partial charge in [0.15, 0.2) is 0 Å². The first-order valence-electron chi connectivity index (χ1n) is 6.62. The molecule has 0 saturated carbocycles. The summed E-state index contributed by atoms with van der Waals surface area (Å²) >= 11 is 0. The third-order valence-corrected chi connectivity index (χ3v) is 4.37. The molecule has 2 N–H and O–H groups in total. The highest BCUT2D eigenvalue weighted by molar-refractivity contribution is 7.90. The van der Waals surface area contributed by atoms with Crippen molar-refractivity contribution in [3.8, 4) is 0 Å². The minimum atomic E-state index is -2.91. The SMILES string of the molecule is CC(CS(C)(=O)=O)NC1CC(C)(C)NC(C)(C)C1. The molecule has 1 saturated heterocycles. The Kier molecular flexibility index (Phi) is 4.51. The molecule has 1 atom stereocenters. The second-order valence-corrected chi connectivity index (χ2v) is 9.34. The van der Waals surface area contributed by atoms with E-state index < -0.39 is 9.84 Å². The third-order valence-electron chi connectivity index (χ3n) is 3.26. The van der Waals surface area contributed by atoms with Gasteiger partial charge in [-0.1, -0.05) is 0 Å². The summed E-state index contributed by atoms with van der Waals surface area (Å²) in [5.41, 5.74) is 0.175. The Balaban J connectivity index is 2.62. The maximum Gasteiger partial charge on any atom is 0.148 e. The minimum absolute atomic E-state index is 0.00898. The maximum absolute atomic E-state index is 11.3. The van der Waals surface area contributed by atoms with Gasteiger partial charge in [-0.2, -0.15) is 0 Å². The van der Waals surface area contributed by atoms with E-state index in [-0.39, 0.29) is 22.9 Å². The van der Waals surface area contributed by atoms with E-state index in [1.54, 1.807) is 0 Å². The van der Waals surface area contributed by atoms with Crippen molar-refractivity contribution in [1.82, 2.24) is 10.6 Å². The lowest BCUT2D eigenvalue weighted by Gasteiger charge is -2.47. The summed E-state index contributed by atoms with van der Waals surface area (Å²) in [6, 6.07) is 0.377. The molecule has 1 fully saturated rings. The number of rotatable bonds is 4. The summed E-state index contributed by atoms with van der Waals surface area (Å²) in [6.07, 6.45) is 3.33. The first-order valence-corrected chi connectivity index (χ1v) is 8.68. The molecule has 4 nitrogen and oxygen atoms in total. The van der Waals surface area contributed by atoms with Crippen molar-refractivity contribution in [2.24, 2.45) is 0 Å². The lowest BCUT2D eigenvalue weighted by atomic mass is 9.79. The molecule has 1 rings (SSSR count). The van der Waals surface area contributed by atoms with Crippen molar-refractivity contribution in [1.29, 1.82) is 0 Å². The predicted octanol–water partition coefficient (Wildman–Crippen LogP) is 1.32. The van der Waals surface area contributed by atoms with Gasteiger partial charge < -0.3 is 10.6 Å². The fourth-order valence-electron chi connectivity index (χ4n) is 3.34. The predicted molar refractivity (Wildman–Crippen MR) is 76.6 cm³/mol. The first-order chi connectivity index (χ1) is 7.89. The van der Waals surface area contributed by atoms with Crippen LogP contribution >= 0.6 is 0 Å². The Morgan fingerprint density at radius 1 is 1.22 bits per heavy atom. The van der Waals surface area contributed by atoms with Crippen LogP contribution in [0.3, 0.4) is 0 Å². The standard InChI is InChI=1S/C13H28N2O2S/c1-10(9-18(6,16)17)14-11-7-12(2,3)15-13(4,5)8-11/h10-11,14-15H,7-9H2,1-6H3. The molecule has 18 heavy (non-hydrogen) atoms. The molecule has 1 heterocycles. The average molecular weight is 276 g/mol. The topological polar surface area (TPSA) is 58.2 Å². The van der Waals surface area contributed by atoms with Crippen LogP contribution < -0.4 is 10.6 Å². The summed E-state index contributed by atoms with van der Waals surface area (Å²) in [4.78, 5) is 0. The average Bonchev–Trinajstić information content (AvgIpc) is 1.90. The number of sulfone groups is 1. The maximum atomic E-state index is 11.3. The van der Waals surface area contributed by atoms with Crippen LogP contribution in [0, 0.1) is 0 Å². The zero-order chi connectivity index (χ0) is 14.2.